The van der Waals surface area contributed by atoms with Crippen LogP contribution in [0.1, 0.15) is 18.1 Å². The number of hydrogen-bond donors (Lipinski definition) is 1. The van der Waals surface area contributed by atoms with Gasteiger partial charge in [-0.1, -0.05) is 30.3 Å². The van der Waals surface area contributed by atoms with E-state index in [1.165, 1.54) is 10.5 Å². The standard InChI is InChI=1S/C16H18N2O2/c1-2-17(12-14-6-4-3-5-7-14)13-15-8-10-16(11-9-15)18(19)20/h3-11H,2,12-13H2,1H3/p+1. The molecule has 0 fully saturated rings. The zero-order chi connectivity index (χ0) is 14.4. The van der Waals surface area contributed by atoms with E-state index in [4.69, 9.17) is 0 Å². The average molecular weight is 271 g/mol. The minimum absolute atomic E-state index is 0.148. The van der Waals surface area contributed by atoms with E-state index >= 15 is 0 Å². The Kier molecular flexibility index (Phi) is 4.85. The van der Waals surface area contributed by atoms with Gasteiger partial charge >= 0.3 is 0 Å². The molecule has 4 nitrogen and oxygen atoms in total. The van der Waals surface area contributed by atoms with Crippen LogP contribution in [0, 0.1) is 10.1 Å². The number of nitro groups is 1. The number of hydrogen-bond acceptors (Lipinski definition) is 2. The summed E-state index contributed by atoms with van der Waals surface area (Å²) in [5.41, 5.74) is 2.59. The summed E-state index contributed by atoms with van der Waals surface area (Å²) in [6, 6.07) is 17.2. The molecule has 0 bridgehead atoms. The molecule has 104 valence electrons. The molecule has 4 heteroatoms. The molecule has 20 heavy (non-hydrogen) atoms. The molecule has 0 radical (unpaired) electrons. The fourth-order valence-corrected chi connectivity index (χ4v) is 2.22. The summed E-state index contributed by atoms with van der Waals surface area (Å²) in [5, 5.41) is 10.6. The largest absolute Gasteiger partial charge is 0.328 e. The van der Waals surface area contributed by atoms with Gasteiger partial charge in [0, 0.05) is 23.3 Å². The lowest BCUT2D eigenvalue weighted by molar-refractivity contribution is -0.925. The van der Waals surface area contributed by atoms with Crippen LogP contribution in [0.25, 0.3) is 0 Å². The number of nitrogens with zero attached hydrogens (tertiary/aromatic N) is 1. The fourth-order valence-electron chi connectivity index (χ4n) is 2.22. The zero-order valence-corrected chi connectivity index (χ0v) is 11.6. The quantitative estimate of drug-likeness (QED) is 0.647. The first kappa shape index (κ1) is 14.2. The van der Waals surface area contributed by atoms with Gasteiger partial charge in [0.2, 0.25) is 0 Å². The van der Waals surface area contributed by atoms with Crippen molar-refractivity contribution in [1.29, 1.82) is 0 Å². The second-order valence-corrected chi connectivity index (χ2v) is 4.87. The summed E-state index contributed by atoms with van der Waals surface area (Å²) in [5.74, 6) is 0. The van der Waals surface area contributed by atoms with Crippen molar-refractivity contribution in [2.24, 2.45) is 0 Å². The molecule has 1 atom stereocenters. The van der Waals surface area contributed by atoms with Crippen LogP contribution in [0.2, 0.25) is 0 Å². The molecule has 2 aromatic rings. The number of benzene rings is 2. The van der Waals surface area contributed by atoms with Crippen LogP contribution in [0.5, 0.6) is 0 Å². The Morgan fingerprint density at radius 1 is 0.950 bits per heavy atom. The number of nitro benzene ring substituents is 1. The van der Waals surface area contributed by atoms with Gasteiger partial charge < -0.3 is 4.90 Å². The van der Waals surface area contributed by atoms with Crippen molar-refractivity contribution in [1.82, 2.24) is 0 Å². The van der Waals surface area contributed by atoms with E-state index in [1.807, 2.05) is 18.2 Å². The SMILES string of the molecule is CC[NH+](Cc1ccccc1)Cc1ccc([N+](=O)[O-])cc1. The van der Waals surface area contributed by atoms with Gasteiger partial charge in [0.15, 0.2) is 0 Å². The molecule has 0 saturated heterocycles. The van der Waals surface area contributed by atoms with Gasteiger partial charge in [-0.3, -0.25) is 10.1 Å². The smallest absolute Gasteiger partial charge is 0.269 e. The Morgan fingerprint density at radius 3 is 2.00 bits per heavy atom. The summed E-state index contributed by atoms with van der Waals surface area (Å²) in [7, 11) is 0. The first-order chi connectivity index (χ1) is 9.69. The Hall–Kier alpha value is -2.20. The Bertz CT molecular complexity index is 552. The molecule has 0 aliphatic rings. The Balaban J connectivity index is 2.01. The molecular formula is C16H19N2O2+. The second kappa shape index (κ2) is 6.82. The molecule has 2 rings (SSSR count). The third-order valence-corrected chi connectivity index (χ3v) is 3.40. The van der Waals surface area contributed by atoms with Crippen molar-refractivity contribution in [2.75, 3.05) is 6.54 Å². The van der Waals surface area contributed by atoms with Crippen molar-refractivity contribution in [3.05, 3.63) is 75.8 Å². The van der Waals surface area contributed by atoms with Gasteiger partial charge in [0.25, 0.3) is 5.69 Å². The molecule has 0 amide bonds. The fraction of sp³-hybridized carbons (Fsp3) is 0.250. The van der Waals surface area contributed by atoms with Gasteiger partial charge in [-0.2, -0.15) is 0 Å². The lowest BCUT2D eigenvalue weighted by atomic mass is 10.1. The van der Waals surface area contributed by atoms with Gasteiger partial charge in [-0.15, -0.1) is 0 Å². The third kappa shape index (κ3) is 3.90. The molecule has 2 aromatic carbocycles. The van der Waals surface area contributed by atoms with E-state index in [9.17, 15) is 10.1 Å². The molecule has 0 aromatic heterocycles. The van der Waals surface area contributed by atoms with Crippen LogP contribution in [-0.2, 0) is 13.1 Å². The molecule has 0 aliphatic carbocycles. The van der Waals surface area contributed by atoms with Crippen LogP contribution in [0.15, 0.2) is 54.6 Å². The summed E-state index contributed by atoms with van der Waals surface area (Å²) in [6.07, 6.45) is 0. The molecule has 1 N–H and O–H groups in total. The number of rotatable bonds is 6. The van der Waals surface area contributed by atoms with Crippen molar-refractivity contribution in [3.63, 3.8) is 0 Å². The average Bonchev–Trinajstić information content (AvgIpc) is 2.48. The third-order valence-electron chi connectivity index (χ3n) is 3.40. The number of quaternary nitrogens is 1. The molecule has 0 spiro atoms. The summed E-state index contributed by atoms with van der Waals surface area (Å²) in [4.78, 5) is 11.7. The summed E-state index contributed by atoms with van der Waals surface area (Å²) in [6.45, 7) is 5.02. The number of nitrogens with one attached hydrogen (secondary N) is 1. The molecule has 1 unspecified atom stereocenters. The van der Waals surface area contributed by atoms with E-state index < -0.39 is 0 Å². The highest BCUT2D eigenvalue weighted by Gasteiger charge is 2.10. The second-order valence-electron chi connectivity index (χ2n) is 4.87. The van der Waals surface area contributed by atoms with Crippen molar-refractivity contribution in [2.45, 2.75) is 20.0 Å². The first-order valence-electron chi connectivity index (χ1n) is 6.80. The maximum Gasteiger partial charge on any atom is 0.269 e. The molecule has 0 aliphatic heterocycles. The normalized spacial score (nSPS) is 12.1. The van der Waals surface area contributed by atoms with Crippen molar-refractivity contribution < 1.29 is 9.82 Å². The van der Waals surface area contributed by atoms with Crippen molar-refractivity contribution in [3.8, 4) is 0 Å². The van der Waals surface area contributed by atoms with Crippen LogP contribution in [0.3, 0.4) is 0 Å². The van der Waals surface area contributed by atoms with Gasteiger partial charge in [0.05, 0.1) is 11.5 Å². The lowest BCUT2D eigenvalue weighted by Gasteiger charge is -2.17. The minimum Gasteiger partial charge on any atom is -0.328 e. The zero-order valence-electron chi connectivity index (χ0n) is 11.6. The minimum atomic E-state index is -0.363. The number of non-ortho nitro benzene ring substituents is 1. The first-order valence-corrected chi connectivity index (χ1v) is 6.80. The van der Waals surface area contributed by atoms with E-state index in [0.29, 0.717) is 0 Å². The topological polar surface area (TPSA) is 47.6 Å². The highest BCUT2D eigenvalue weighted by Crippen LogP contribution is 2.11. The van der Waals surface area contributed by atoms with Crippen LogP contribution in [-0.4, -0.2) is 11.5 Å². The molecule has 0 saturated carbocycles. The van der Waals surface area contributed by atoms with Gasteiger partial charge in [0.1, 0.15) is 13.1 Å². The highest BCUT2D eigenvalue weighted by molar-refractivity contribution is 5.32. The van der Waals surface area contributed by atoms with Gasteiger partial charge in [-0.25, -0.2) is 0 Å². The summed E-state index contributed by atoms with van der Waals surface area (Å²) >= 11 is 0. The predicted molar refractivity (Wildman–Crippen MR) is 78.5 cm³/mol. The lowest BCUT2D eigenvalue weighted by Crippen LogP contribution is -3.09. The van der Waals surface area contributed by atoms with E-state index in [1.54, 1.807) is 12.1 Å². The van der Waals surface area contributed by atoms with Crippen LogP contribution < -0.4 is 4.90 Å². The van der Waals surface area contributed by atoms with Crippen LogP contribution >= 0.6 is 0 Å². The van der Waals surface area contributed by atoms with E-state index in [0.717, 1.165) is 25.2 Å². The summed E-state index contributed by atoms with van der Waals surface area (Å²) < 4.78 is 0. The Morgan fingerprint density at radius 2 is 1.50 bits per heavy atom. The maximum absolute atomic E-state index is 10.6. The Labute approximate surface area is 118 Å². The van der Waals surface area contributed by atoms with E-state index in [-0.39, 0.29) is 10.6 Å². The van der Waals surface area contributed by atoms with E-state index in [2.05, 4.69) is 31.2 Å². The maximum atomic E-state index is 10.6. The van der Waals surface area contributed by atoms with Crippen LogP contribution in [0.4, 0.5) is 5.69 Å². The predicted octanol–water partition coefficient (Wildman–Crippen LogP) is 2.20. The van der Waals surface area contributed by atoms with Crippen molar-refractivity contribution >= 4 is 5.69 Å². The molecular weight excluding hydrogens is 252 g/mol. The highest BCUT2D eigenvalue weighted by atomic mass is 16.6. The van der Waals surface area contributed by atoms with Gasteiger partial charge in [-0.05, 0) is 19.1 Å². The monoisotopic (exact) mass is 271 g/mol. The molecule has 0 heterocycles.